The molecular formula is C32H37N7O. The third-order valence-corrected chi connectivity index (χ3v) is 8.38. The number of hydrogen-bond acceptors (Lipinski definition) is 6. The number of rotatable bonds is 5. The van der Waals surface area contributed by atoms with Gasteiger partial charge in [-0.25, -0.2) is 15.0 Å². The molecule has 7 rings (SSSR count). The Morgan fingerprint density at radius 2 is 1.88 bits per heavy atom. The van der Waals surface area contributed by atoms with E-state index in [1.165, 1.54) is 48.4 Å². The SMILES string of the molecule is C=CC(=O)N1CCC(NC)CC1.Nc1ncccc1-c1nc2cc(C3CC3)cnc2n1-c1ccc2c(c1)CCC2. The largest absolute Gasteiger partial charge is 0.383 e. The summed E-state index contributed by atoms with van der Waals surface area (Å²) in [6.07, 6.45) is 13.3. The normalized spacial score (nSPS) is 16.9. The zero-order chi connectivity index (χ0) is 27.6. The van der Waals surface area contributed by atoms with E-state index < -0.39 is 0 Å². The smallest absolute Gasteiger partial charge is 0.245 e. The van der Waals surface area contributed by atoms with Crippen molar-refractivity contribution in [2.75, 3.05) is 25.9 Å². The molecule has 0 atom stereocenters. The number of carbonyl (C=O) groups excluding carboxylic acids is 1. The van der Waals surface area contributed by atoms with Gasteiger partial charge in [0, 0.05) is 37.2 Å². The lowest BCUT2D eigenvalue weighted by atomic mass is 10.1. The van der Waals surface area contributed by atoms with E-state index in [1.54, 1.807) is 6.20 Å². The minimum Gasteiger partial charge on any atom is -0.383 e. The summed E-state index contributed by atoms with van der Waals surface area (Å²) < 4.78 is 2.14. The van der Waals surface area contributed by atoms with E-state index in [0.29, 0.717) is 17.8 Å². The summed E-state index contributed by atoms with van der Waals surface area (Å²) in [5, 5.41) is 3.22. The number of nitrogens with one attached hydrogen (secondary N) is 1. The van der Waals surface area contributed by atoms with Crippen LogP contribution in [0.1, 0.15) is 54.7 Å². The van der Waals surface area contributed by atoms with E-state index in [-0.39, 0.29) is 5.91 Å². The second kappa shape index (κ2) is 11.2. The molecule has 4 aromatic rings. The first kappa shape index (κ1) is 26.2. The fourth-order valence-electron chi connectivity index (χ4n) is 5.87. The van der Waals surface area contributed by atoms with Gasteiger partial charge in [-0.1, -0.05) is 12.6 Å². The molecule has 2 fully saturated rings. The van der Waals surface area contributed by atoms with Crippen molar-refractivity contribution in [1.82, 2.24) is 29.7 Å². The van der Waals surface area contributed by atoms with Gasteiger partial charge in [-0.2, -0.15) is 0 Å². The van der Waals surface area contributed by atoms with Crippen molar-refractivity contribution in [1.29, 1.82) is 0 Å². The first-order valence-corrected chi connectivity index (χ1v) is 14.4. The minimum absolute atomic E-state index is 0.0598. The van der Waals surface area contributed by atoms with Gasteiger partial charge in [0.1, 0.15) is 11.3 Å². The summed E-state index contributed by atoms with van der Waals surface area (Å²) in [4.78, 5) is 27.1. The Kier molecular flexibility index (Phi) is 7.34. The van der Waals surface area contributed by atoms with Crippen molar-refractivity contribution in [3.05, 3.63) is 78.1 Å². The summed E-state index contributed by atoms with van der Waals surface area (Å²) in [6.45, 7) is 5.18. The van der Waals surface area contributed by atoms with E-state index in [4.69, 9.17) is 15.7 Å². The number of fused-ring (bicyclic) bond motifs is 2. The molecule has 2 aliphatic carbocycles. The summed E-state index contributed by atoms with van der Waals surface area (Å²) in [5.74, 6) is 2.00. The van der Waals surface area contributed by atoms with Crippen LogP contribution in [0.3, 0.4) is 0 Å². The Labute approximate surface area is 235 Å². The number of pyridine rings is 2. The quantitative estimate of drug-likeness (QED) is 0.356. The van der Waals surface area contributed by atoms with Crippen molar-refractivity contribution >= 4 is 22.9 Å². The van der Waals surface area contributed by atoms with Crippen LogP contribution >= 0.6 is 0 Å². The Hall–Kier alpha value is -4.04. The molecule has 40 heavy (non-hydrogen) atoms. The maximum absolute atomic E-state index is 11.1. The highest BCUT2D eigenvalue weighted by Gasteiger charge is 2.26. The van der Waals surface area contributed by atoms with E-state index in [0.717, 1.165) is 60.6 Å². The number of nitrogens with two attached hydrogens (primary N) is 1. The third kappa shape index (κ3) is 5.23. The van der Waals surface area contributed by atoms with Crippen LogP contribution in [-0.4, -0.2) is 56.5 Å². The van der Waals surface area contributed by atoms with Gasteiger partial charge < -0.3 is 16.0 Å². The molecule has 8 heteroatoms. The number of aryl methyl sites for hydroxylation is 2. The fourth-order valence-corrected chi connectivity index (χ4v) is 5.87. The van der Waals surface area contributed by atoms with Crippen LogP contribution in [0.4, 0.5) is 5.82 Å². The van der Waals surface area contributed by atoms with Crippen LogP contribution in [-0.2, 0) is 17.6 Å². The predicted octanol–water partition coefficient (Wildman–Crippen LogP) is 4.81. The number of likely N-dealkylation sites (tertiary alicyclic amines) is 1. The molecule has 0 radical (unpaired) electrons. The topological polar surface area (TPSA) is 102 Å². The molecule has 1 amide bonds. The fraction of sp³-hybridized carbons (Fsp3) is 0.375. The Bertz CT molecular complexity index is 1550. The molecule has 1 aliphatic heterocycles. The van der Waals surface area contributed by atoms with Crippen LogP contribution < -0.4 is 11.1 Å². The van der Waals surface area contributed by atoms with Gasteiger partial charge in [0.2, 0.25) is 5.91 Å². The Balaban J connectivity index is 0.000000204. The highest BCUT2D eigenvalue weighted by molar-refractivity contribution is 5.87. The molecule has 1 aromatic carbocycles. The summed E-state index contributed by atoms with van der Waals surface area (Å²) >= 11 is 0. The van der Waals surface area contributed by atoms with Crippen molar-refractivity contribution in [2.45, 2.75) is 56.9 Å². The number of aromatic nitrogens is 4. The average molecular weight is 536 g/mol. The van der Waals surface area contributed by atoms with Crippen LogP contribution in [0.15, 0.2) is 61.4 Å². The molecule has 3 aromatic heterocycles. The standard InChI is InChI=1S/C23H21N5.C9H16N2O/c24-21-19(5-2-10-25-21)22-27-20-12-17(15-6-7-15)13-26-23(20)28(22)18-9-8-14-3-1-4-16(14)11-18;1-3-9(12)11-6-4-8(10-2)5-7-11/h2,5,8-13,15H,1,3-4,6-7H2,(H2,24,25);3,8,10H,1,4-7H2,2H3. The number of anilines is 1. The second-order valence-corrected chi connectivity index (χ2v) is 11.0. The summed E-state index contributed by atoms with van der Waals surface area (Å²) in [7, 11) is 1.97. The van der Waals surface area contributed by atoms with Crippen molar-refractivity contribution in [3.8, 4) is 17.1 Å². The molecule has 0 bridgehead atoms. The molecule has 206 valence electrons. The lowest BCUT2D eigenvalue weighted by molar-refractivity contribution is -0.127. The van der Waals surface area contributed by atoms with Crippen LogP contribution in [0.25, 0.3) is 28.2 Å². The van der Waals surface area contributed by atoms with Gasteiger partial charge >= 0.3 is 0 Å². The number of nitrogens with zero attached hydrogens (tertiary/aromatic N) is 5. The van der Waals surface area contributed by atoms with E-state index >= 15 is 0 Å². The van der Waals surface area contributed by atoms with Gasteiger partial charge in [0.05, 0.1) is 5.56 Å². The van der Waals surface area contributed by atoms with Gasteiger partial charge in [-0.05, 0) is 111 Å². The number of amides is 1. The van der Waals surface area contributed by atoms with E-state index in [2.05, 4.69) is 45.7 Å². The zero-order valence-corrected chi connectivity index (χ0v) is 23.1. The first-order valence-electron chi connectivity index (χ1n) is 14.4. The van der Waals surface area contributed by atoms with Gasteiger partial charge in [-0.15, -0.1) is 0 Å². The van der Waals surface area contributed by atoms with Gasteiger partial charge in [0.15, 0.2) is 11.5 Å². The number of benzene rings is 1. The Morgan fingerprint density at radius 1 is 1.07 bits per heavy atom. The number of piperidine rings is 1. The molecule has 4 heterocycles. The molecule has 3 N–H and O–H groups in total. The van der Waals surface area contributed by atoms with Crippen molar-refractivity contribution in [3.63, 3.8) is 0 Å². The Morgan fingerprint density at radius 3 is 2.60 bits per heavy atom. The van der Waals surface area contributed by atoms with Gasteiger partial charge in [0.25, 0.3) is 0 Å². The predicted molar refractivity (Wildman–Crippen MR) is 159 cm³/mol. The zero-order valence-electron chi connectivity index (χ0n) is 23.1. The molecule has 3 aliphatic rings. The summed E-state index contributed by atoms with van der Waals surface area (Å²) in [6, 6.07) is 13.4. The highest BCUT2D eigenvalue weighted by Crippen LogP contribution is 2.41. The van der Waals surface area contributed by atoms with Crippen molar-refractivity contribution in [2.24, 2.45) is 0 Å². The number of nitrogen functional groups attached to an aromatic ring is 1. The van der Waals surface area contributed by atoms with Crippen LogP contribution in [0.2, 0.25) is 0 Å². The van der Waals surface area contributed by atoms with Gasteiger partial charge in [-0.3, -0.25) is 9.36 Å². The first-order chi connectivity index (χ1) is 19.6. The molecule has 1 saturated heterocycles. The lowest BCUT2D eigenvalue weighted by Gasteiger charge is -2.30. The molecule has 0 unspecified atom stereocenters. The molecular weight excluding hydrogens is 498 g/mol. The molecule has 8 nitrogen and oxygen atoms in total. The van der Waals surface area contributed by atoms with Crippen molar-refractivity contribution < 1.29 is 4.79 Å². The molecule has 0 spiro atoms. The number of imidazole rings is 1. The lowest BCUT2D eigenvalue weighted by Crippen LogP contribution is -2.43. The average Bonchev–Trinajstić information content (AvgIpc) is 3.62. The maximum atomic E-state index is 11.1. The monoisotopic (exact) mass is 535 g/mol. The highest BCUT2D eigenvalue weighted by atomic mass is 16.2. The number of hydrogen-bond donors (Lipinski definition) is 2. The maximum Gasteiger partial charge on any atom is 0.245 e. The summed E-state index contributed by atoms with van der Waals surface area (Å²) in [5.41, 5.74) is 14.1. The minimum atomic E-state index is 0.0598. The van der Waals surface area contributed by atoms with E-state index in [9.17, 15) is 4.79 Å². The van der Waals surface area contributed by atoms with Crippen LogP contribution in [0, 0.1) is 0 Å². The third-order valence-electron chi connectivity index (χ3n) is 8.38. The van der Waals surface area contributed by atoms with E-state index in [1.807, 2.05) is 30.3 Å². The van der Waals surface area contributed by atoms with Crippen LogP contribution in [0.5, 0.6) is 0 Å². The molecule has 1 saturated carbocycles. The second-order valence-electron chi connectivity index (χ2n) is 11.0. The number of carbonyl (C=O) groups is 1.